The molecule has 0 aliphatic carbocycles. The number of hydrazine groups is 1. The first kappa shape index (κ1) is 30.7. The molecule has 11 heteroatoms. The molecule has 0 saturated carbocycles. The van der Waals surface area contributed by atoms with Gasteiger partial charge in [-0.15, -0.1) is 17.9 Å². The average Bonchev–Trinajstić information content (AvgIpc) is 3.48. The molecule has 4 amide bonds. The second-order valence-corrected chi connectivity index (χ2v) is 11.6. The molecule has 4 aromatic rings. The summed E-state index contributed by atoms with van der Waals surface area (Å²) < 4.78 is 1.02. The van der Waals surface area contributed by atoms with Gasteiger partial charge >= 0.3 is 6.03 Å². The van der Waals surface area contributed by atoms with Crippen LogP contribution in [0.3, 0.4) is 0 Å². The number of urea groups is 1. The van der Waals surface area contributed by atoms with Crippen molar-refractivity contribution in [2.45, 2.75) is 39.1 Å². The average molecular weight is 613 g/mol. The van der Waals surface area contributed by atoms with Crippen LogP contribution in [0.25, 0.3) is 10.2 Å². The molecule has 6 rings (SSSR count). The van der Waals surface area contributed by atoms with Gasteiger partial charge in [0.1, 0.15) is 18.0 Å². The van der Waals surface area contributed by atoms with Gasteiger partial charge in [-0.25, -0.2) is 19.8 Å². The monoisotopic (exact) mass is 612 g/mol. The molecule has 0 bridgehead atoms. The summed E-state index contributed by atoms with van der Waals surface area (Å²) in [6, 6.07) is 21.0. The molecule has 2 atom stereocenters. The van der Waals surface area contributed by atoms with Gasteiger partial charge in [0.25, 0.3) is 0 Å². The lowest BCUT2D eigenvalue weighted by molar-refractivity contribution is -0.189. The molecule has 2 N–H and O–H groups in total. The van der Waals surface area contributed by atoms with Crippen LogP contribution in [0.15, 0.2) is 91.0 Å². The van der Waals surface area contributed by atoms with Crippen LogP contribution in [0.4, 0.5) is 4.79 Å². The molecule has 0 radical (unpaired) electrons. The number of rotatable bonds is 8. The summed E-state index contributed by atoms with van der Waals surface area (Å²) in [5.74, 6) is -0.308. The van der Waals surface area contributed by atoms with Crippen molar-refractivity contribution in [2.75, 3.05) is 19.6 Å². The van der Waals surface area contributed by atoms with Crippen LogP contribution in [0.2, 0.25) is 0 Å². The molecule has 228 valence electrons. The molecule has 2 aliphatic rings. The van der Waals surface area contributed by atoms with E-state index >= 15 is 0 Å². The number of thiazole rings is 1. The van der Waals surface area contributed by atoms with E-state index in [1.165, 1.54) is 11.3 Å². The third-order valence-corrected chi connectivity index (χ3v) is 8.59. The van der Waals surface area contributed by atoms with E-state index in [4.69, 9.17) is 0 Å². The second kappa shape index (κ2) is 13.3. The summed E-state index contributed by atoms with van der Waals surface area (Å²) in [6.45, 7) is 4.83. The van der Waals surface area contributed by atoms with E-state index in [1.807, 2.05) is 48.5 Å². The van der Waals surface area contributed by atoms with Crippen molar-refractivity contribution in [3.05, 3.63) is 108 Å². The Morgan fingerprint density at radius 2 is 1.80 bits per heavy atom. The van der Waals surface area contributed by atoms with Crippen molar-refractivity contribution in [3.8, 4) is 5.75 Å². The van der Waals surface area contributed by atoms with Crippen molar-refractivity contribution in [3.63, 3.8) is 0 Å². The fourth-order valence-corrected chi connectivity index (χ4v) is 6.51. The lowest BCUT2D eigenvalue weighted by Crippen LogP contribution is -2.76. The molecule has 10 nitrogen and oxygen atoms in total. The zero-order valence-corrected chi connectivity index (χ0v) is 24.3. The van der Waals surface area contributed by atoms with Crippen LogP contribution in [-0.4, -0.2) is 79.6 Å². The zero-order valence-electron chi connectivity index (χ0n) is 23.5. The molecule has 3 aromatic carbocycles. The van der Waals surface area contributed by atoms with Crippen molar-refractivity contribution in [1.82, 2.24) is 30.1 Å². The maximum atomic E-state index is 14.1. The summed E-state index contributed by atoms with van der Waals surface area (Å²) in [4.78, 5) is 49.4. The first-order valence-corrected chi connectivity index (χ1v) is 15.0. The molecule has 2 aliphatic heterocycles. The summed E-state index contributed by atoms with van der Waals surface area (Å²) in [5, 5.41) is 16.1. The van der Waals surface area contributed by atoms with Gasteiger partial charge in [0.05, 0.1) is 28.8 Å². The van der Waals surface area contributed by atoms with Crippen molar-refractivity contribution < 1.29 is 19.5 Å². The van der Waals surface area contributed by atoms with E-state index < -0.39 is 12.2 Å². The predicted octanol–water partition coefficient (Wildman–Crippen LogP) is 4.37. The highest BCUT2D eigenvalue weighted by Crippen LogP contribution is 2.30. The molecule has 44 heavy (non-hydrogen) atoms. The van der Waals surface area contributed by atoms with Gasteiger partial charge in [-0.1, -0.05) is 62.0 Å². The van der Waals surface area contributed by atoms with Gasteiger partial charge in [-0.2, -0.15) is 0 Å². The third kappa shape index (κ3) is 6.29. The summed E-state index contributed by atoms with van der Waals surface area (Å²) >= 11 is 1.53. The highest BCUT2D eigenvalue weighted by molar-refractivity contribution is 7.16. The number of piperazine rings is 1. The largest absolute Gasteiger partial charge is 0.508 e. The smallest absolute Gasteiger partial charge is 0.334 e. The minimum atomic E-state index is -0.835. The van der Waals surface area contributed by atoms with Crippen LogP contribution in [0.5, 0.6) is 5.75 Å². The zero-order chi connectivity index (χ0) is 29.9. The number of benzene rings is 3. The fraction of sp³-hybridized carbons (Fsp3) is 0.273. The van der Waals surface area contributed by atoms with Crippen molar-refractivity contribution in [1.29, 1.82) is 0 Å². The van der Waals surface area contributed by atoms with E-state index in [0.29, 0.717) is 13.1 Å². The fourth-order valence-electron chi connectivity index (χ4n) is 5.77. The maximum Gasteiger partial charge on any atom is 0.334 e. The maximum absolute atomic E-state index is 14.1. The van der Waals surface area contributed by atoms with Gasteiger partial charge in [0, 0.05) is 26.1 Å². The first-order valence-electron chi connectivity index (χ1n) is 14.1. The standard InChI is InChI=1S/C32H32N6O4S.CH4/c1-2-14-36-20-30(40)37-27(15-22-8-11-25(39)12-9-22)31(41)35(18-24-10-13-26-28(16-24)43-21-34-26)19-29(37)38(36)32(42)33-17-23-6-4-3-5-7-23;/h2-13,16,21,27,29,39H,1,14-15,17-20H2,(H,33,42);1H4/t27-,29-;/m0./s1. The number of hydrogen-bond acceptors (Lipinski definition) is 7. The van der Waals surface area contributed by atoms with E-state index in [9.17, 15) is 19.5 Å². The summed E-state index contributed by atoms with van der Waals surface area (Å²) in [5.41, 5.74) is 5.37. The molecule has 1 aromatic heterocycles. The Morgan fingerprint density at radius 1 is 1.05 bits per heavy atom. The Labute approximate surface area is 260 Å². The second-order valence-electron chi connectivity index (χ2n) is 10.7. The highest BCUT2D eigenvalue weighted by atomic mass is 32.1. The Bertz CT molecular complexity index is 1640. The normalized spacial score (nSPS) is 18.6. The number of phenolic OH excluding ortho intramolecular Hbond substituents is 1. The van der Waals surface area contributed by atoms with E-state index in [-0.39, 0.29) is 57.1 Å². The number of nitrogens with one attached hydrogen (secondary N) is 1. The number of carbonyl (C=O) groups is 3. The Morgan fingerprint density at radius 3 is 2.55 bits per heavy atom. The van der Waals surface area contributed by atoms with E-state index in [2.05, 4.69) is 16.9 Å². The Hall–Kier alpha value is -4.74. The number of hydrogen-bond donors (Lipinski definition) is 2. The topological polar surface area (TPSA) is 109 Å². The van der Waals surface area contributed by atoms with Crippen LogP contribution in [0, 0.1) is 0 Å². The summed E-state index contributed by atoms with van der Waals surface area (Å²) in [7, 11) is 0. The number of aromatic nitrogens is 1. The first-order chi connectivity index (χ1) is 20.9. The van der Waals surface area contributed by atoms with Crippen LogP contribution in [-0.2, 0) is 29.1 Å². The molecule has 3 heterocycles. The third-order valence-electron chi connectivity index (χ3n) is 7.80. The predicted molar refractivity (Wildman–Crippen MR) is 170 cm³/mol. The lowest BCUT2D eigenvalue weighted by Gasteiger charge is -2.55. The van der Waals surface area contributed by atoms with Crippen molar-refractivity contribution in [2.24, 2.45) is 0 Å². The van der Waals surface area contributed by atoms with Crippen LogP contribution >= 0.6 is 11.3 Å². The number of amides is 4. The molecular weight excluding hydrogens is 576 g/mol. The van der Waals surface area contributed by atoms with Gasteiger partial charge in [-0.05, 0) is 41.0 Å². The summed E-state index contributed by atoms with van der Waals surface area (Å²) in [6.07, 6.45) is 1.17. The van der Waals surface area contributed by atoms with E-state index in [0.717, 1.165) is 26.9 Å². The highest BCUT2D eigenvalue weighted by Gasteiger charge is 2.51. The van der Waals surface area contributed by atoms with Crippen molar-refractivity contribution >= 4 is 39.4 Å². The molecule has 0 unspecified atom stereocenters. The van der Waals surface area contributed by atoms with Gasteiger partial charge in [0.15, 0.2) is 0 Å². The van der Waals surface area contributed by atoms with Gasteiger partial charge in [0.2, 0.25) is 11.8 Å². The van der Waals surface area contributed by atoms with Crippen LogP contribution < -0.4 is 5.32 Å². The minimum Gasteiger partial charge on any atom is -0.508 e. The Balaban J connectivity index is 0.00000384. The molecular formula is C33H36N6O4S. The van der Waals surface area contributed by atoms with Gasteiger partial charge < -0.3 is 20.2 Å². The lowest BCUT2D eigenvalue weighted by atomic mass is 9.98. The van der Waals surface area contributed by atoms with Gasteiger partial charge in [-0.3, -0.25) is 9.59 Å². The van der Waals surface area contributed by atoms with E-state index in [1.54, 1.807) is 55.7 Å². The quantitative estimate of drug-likeness (QED) is 0.286. The number of aromatic hydroxyl groups is 1. The number of fused-ring (bicyclic) bond motifs is 2. The van der Waals surface area contributed by atoms with Crippen LogP contribution in [0.1, 0.15) is 24.1 Å². The Kier molecular flexibility index (Phi) is 9.26. The molecule has 2 saturated heterocycles. The molecule has 0 spiro atoms. The number of nitrogens with zero attached hydrogens (tertiary/aromatic N) is 5. The number of phenols is 1. The SMILES string of the molecule is C.C=CCN1CC(=O)N2[C@@H](Cc3ccc(O)cc3)C(=O)N(Cc3ccc4ncsc4c3)C[C@@H]2N1C(=O)NCc1ccccc1. The number of carbonyl (C=O) groups excluding carboxylic acids is 3. The minimum absolute atomic E-state index is 0. The molecule has 2 fully saturated rings.